The Kier molecular flexibility index (Phi) is 5.94. The summed E-state index contributed by atoms with van der Waals surface area (Å²) in [6.45, 7) is 6.56. The highest BCUT2D eigenvalue weighted by molar-refractivity contribution is 7.99. The average molecular weight is 340 g/mol. The third kappa shape index (κ3) is 4.19. The molecule has 1 aliphatic rings. The van der Waals surface area contributed by atoms with Gasteiger partial charge in [-0.3, -0.25) is 9.69 Å². The lowest BCUT2D eigenvalue weighted by atomic mass is 10.1. The lowest BCUT2D eigenvalue weighted by Crippen LogP contribution is -2.48. The first kappa shape index (κ1) is 17.1. The number of rotatable bonds is 5. The molecule has 0 N–H and O–H groups in total. The van der Waals surface area contributed by atoms with Crippen molar-refractivity contribution in [2.24, 2.45) is 0 Å². The number of hydrogen-bond acceptors (Lipinski definition) is 3. The molecule has 0 aromatic heterocycles. The lowest BCUT2D eigenvalue weighted by molar-refractivity contribution is 0.0625. The Labute approximate surface area is 148 Å². The van der Waals surface area contributed by atoms with Crippen LogP contribution in [0.15, 0.2) is 59.5 Å². The fourth-order valence-electron chi connectivity index (χ4n) is 3.05. The van der Waals surface area contributed by atoms with Gasteiger partial charge in [0, 0.05) is 37.6 Å². The van der Waals surface area contributed by atoms with Crippen molar-refractivity contribution in [2.75, 3.05) is 31.9 Å². The van der Waals surface area contributed by atoms with E-state index in [0.29, 0.717) is 0 Å². The Balaban J connectivity index is 1.59. The summed E-state index contributed by atoms with van der Waals surface area (Å²) in [7, 11) is 0. The van der Waals surface area contributed by atoms with E-state index in [2.05, 4.69) is 36.1 Å². The van der Waals surface area contributed by atoms with Crippen LogP contribution < -0.4 is 0 Å². The first-order chi connectivity index (χ1) is 11.8. The number of piperazine rings is 1. The molecule has 4 heteroatoms. The smallest absolute Gasteiger partial charge is 0.255 e. The van der Waals surface area contributed by atoms with Gasteiger partial charge in [0.1, 0.15) is 0 Å². The molecule has 1 fully saturated rings. The lowest BCUT2D eigenvalue weighted by Gasteiger charge is -2.35. The van der Waals surface area contributed by atoms with E-state index in [1.165, 1.54) is 5.56 Å². The van der Waals surface area contributed by atoms with Crippen molar-refractivity contribution < 1.29 is 4.79 Å². The molecule has 0 radical (unpaired) electrons. The predicted octanol–water partition coefficient (Wildman–Crippen LogP) is 3.76. The van der Waals surface area contributed by atoms with Crippen LogP contribution in [-0.4, -0.2) is 47.6 Å². The minimum Gasteiger partial charge on any atom is -0.336 e. The number of carbonyl (C=O) groups is 1. The summed E-state index contributed by atoms with van der Waals surface area (Å²) < 4.78 is 0. The highest BCUT2D eigenvalue weighted by atomic mass is 32.2. The van der Waals surface area contributed by atoms with Crippen LogP contribution in [-0.2, 0) is 6.54 Å². The molecule has 0 unspecified atom stereocenters. The first-order valence-electron chi connectivity index (χ1n) is 8.55. The maximum absolute atomic E-state index is 12.9. The van der Waals surface area contributed by atoms with Gasteiger partial charge >= 0.3 is 0 Å². The topological polar surface area (TPSA) is 23.6 Å². The number of carbonyl (C=O) groups excluding carboxylic acids is 1. The molecule has 1 saturated heterocycles. The van der Waals surface area contributed by atoms with E-state index in [9.17, 15) is 4.79 Å². The second kappa shape index (κ2) is 8.36. The largest absolute Gasteiger partial charge is 0.336 e. The van der Waals surface area contributed by atoms with Gasteiger partial charge in [0.15, 0.2) is 0 Å². The van der Waals surface area contributed by atoms with Gasteiger partial charge in [0.25, 0.3) is 5.91 Å². The van der Waals surface area contributed by atoms with E-state index in [-0.39, 0.29) is 5.91 Å². The number of thioether (sulfide) groups is 1. The summed E-state index contributed by atoms with van der Waals surface area (Å²) in [5.74, 6) is 1.15. The Hall–Kier alpha value is -1.78. The molecule has 1 amide bonds. The van der Waals surface area contributed by atoms with Crippen LogP contribution in [0.3, 0.4) is 0 Å². The van der Waals surface area contributed by atoms with Crippen LogP contribution in [0, 0.1) is 0 Å². The fraction of sp³-hybridized carbons (Fsp3) is 0.350. The van der Waals surface area contributed by atoms with Gasteiger partial charge in [0.2, 0.25) is 0 Å². The molecule has 0 aliphatic carbocycles. The molecular formula is C20H24N2OS. The van der Waals surface area contributed by atoms with Crippen LogP contribution in [0.25, 0.3) is 0 Å². The molecular weight excluding hydrogens is 316 g/mol. The summed E-state index contributed by atoms with van der Waals surface area (Å²) in [5, 5.41) is 0. The molecule has 2 aromatic carbocycles. The van der Waals surface area contributed by atoms with Crippen molar-refractivity contribution in [1.82, 2.24) is 9.80 Å². The van der Waals surface area contributed by atoms with E-state index in [1.54, 1.807) is 11.8 Å². The Morgan fingerprint density at radius 3 is 2.33 bits per heavy atom. The molecule has 0 saturated carbocycles. The third-order valence-corrected chi connectivity index (χ3v) is 5.28. The standard InChI is InChI=1S/C20H24N2OS/c1-2-24-19-11-7-6-10-18(19)20(23)22-14-12-21(13-15-22)16-17-8-4-3-5-9-17/h3-11H,2,12-16H2,1H3. The normalized spacial score (nSPS) is 15.5. The molecule has 0 spiro atoms. The fourth-order valence-corrected chi connectivity index (χ4v) is 3.84. The maximum atomic E-state index is 12.9. The van der Waals surface area contributed by atoms with Crippen LogP contribution >= 0.6 is 11.8 Å². The zero-order valence-electron chi connectivity index (χ0n) is 14.1. The Bertz CT molecular complexity index is 666. The van der Waals surface area contributed by atoms with Crippen molar-refractivity contribution in [3.05, 3.63) is 65.7 Å². The third-order valence-electron chi connectivity index (χ3n) is 4.33. The monoisotopic (exact) mass is 340 g/mol. The molecule has 3 nitrogen and oxygen atoms in total. The quantitative estimate of drug-likeness (QED) is 0.775. The highest BCUT2D eigenvalue weighted by Gasteiger charge is 2.23. The summed E-state index contributed by atoms with van der Waals surface area (Å²) in [6.07, 6.45) is 0. The van der Waals surface area contributed by atoms with Crippen LogP contribution in [0.4, 0.5) is 0 Å². The summed E-state index contributed by atoms with van der Waals surface area (Å²) in [4.78, 5) is 18.4. The van der Waals surface area contributed by atoms with Gasteiger partial charge in [-0.15, -0.1) is 11.8 Å². The Morgan fingerprint density at radius 2 is 1.62 bits per heavy atom. The summed E-state index contributed by atoms with van der Waals surface area (Å²) >= 11 is 1.74. The van der Waals surface area contributed by atoms with Crippen LogP contribution in [0.5, 0.6) is 0 Å². The van der Waals surface area contributed by atoms with Crippen molar-refractivity contribution in [1.29, 1.82) is 0 Å². The number of hydrogen-bond donors (Lipinski definition) is 0. The van der Waals surface area contributed by atoms with E-state index < -0.39 is 0 Å². The zero-order chi connectivity index (χ0) is 16.8. The molecule has 1 aliphatic heterocycles. The molecule has 0 atom stereocenters. The van der Waals surface area contributed by atoms with E-state index >= 15 is 0 Å². The van der Waals surface area contributed by atoms with Crippen LogP contribution in [0.1, 0.15) is 22.8 Å². The summed E-state index contributed by atoms with van der Waals surface area (Å²) in [6, 6.07) is 18.5. The van der Waals surface area contributed by atoms with Gasteiger partial charge in [-0.2, -0.15) is 0 Å². The van der Waals surface area contributed by atoms with Crippen molar-refractivity contribution in [3.8, 4) is 0 Å². The maximum Gasteiger partial charge on any atom is 0.255 e. The van der Waals surface area contributed by atoms with E-state index in [0.717, 1.165) is 48.9 Å². The zero-order valence-corrected chi connectivity index (χ0v) is 15.0. The van der Waals surface area contributed by atoms with Crippen molar-refractivity contribution in [3.63, 3.8) is 0 Å². The molecule has 126 valence electrons. The van der Waals surface area contributed by atoms with E-state index in [4.69, 9.17) is 0 Å². The second-order valence-electron chi connectivity index (χ2n) is 5.98. The van der Waals surface area contributed by atoms with Crippen LogP contribution in [0.2, 0.25) is 0 Å². The van der Waals surface area contributed by atoms with Gasteiger partial charge in [-0.25, -0.2) is 0 Å². The van der Waals surface area contributed by atoms with E-state index in [1.807, 2.05) is 35.2 Å². The molecule has 24 heavy (non-hydrogen) atoms. The van der Waals surface area contributed by atoms with Gasteiger partial charge in [0.05, 0.1) is 5.56 Å². The molecule has 3 rings (SSSR count). The number of benzene rings is 2. The van der Waals surface area contributed by atoms with Gasteiger partial charge in [-0.05, 0) is 23.4 Å². The second-order valence-corrected chi connectivity index (χ2v) is 7.29. The Morgan fingerprint density at radius 1 is 0.958 bits per heavy atom. The average Bonchev–Trinajstić information content (AvgIpc) is 2.63. The predicted molar refractivity (Wildman–Crippen MR) is 100 cm³/mol. The van der Waals surface area contributed by atoms with Crippen molar-refractivity contribution in [2.45, 2.75) is 18.4 Å². The van der Waals surface area contributed by atoms with Gasteiger partial charge in [-0.1, -0.05) is 49.4 Å². The number of amides is 1. The number of nitrogens with zero attached hydrogens (tertiary/aromatic N) is 2. The molecule has 0 bridgehead atoms. The minimum absolute atomic E-state index is 0.172. The van der Waals surface area contributed by atoms with Crippen molar-refractivity contribution >= 4 is 17.7 Å². The van der Waals surface area contributed by atoms with Gasteiger partial charge < -0.3 is 4.90 Å². The molecule has 2 aromatic rings. The summed E-state index contributed by atoms with van der Waals surface area (Å²) in [5.41, 5.74) is 2.18. The molecule has 1 heterocycles. The first-order valence-corrected chi connectivity index (χ1v) is 9.54. The SMILES string of the molecule is CCSc1ccccc1C(=O)N1CCN(Cc2ccccc2)CC1. The minimum atomic E-state index is 0.172. The highest BCUT2D eigenvalue weighted by Crippen LogP contribution is 2.24.